The molecule has 0 bridgehead atoms. The summed E-state index contributed by atoms with van der Waals surface area (Å²) < 4.78 is 0. The Hall–Kier alpha value is -2.05. The number of rotatable bonds is 4. The van der Waals surface area contributed by atoms with Crippen LogP contribution in [0.25, 0.3) is 0 Å². The SMILES string of the molecule is CC(C)NC(=O)NC1(C(=O)Nc2ccn[nH]2)CCCCC1. The maximum Gasteiger partial charge on any atom is 0.315 e. The van der Waals surface area contributed by atoms with Crippen molar-refractivity contribution in [2.45, 2.75) is 57.5 Å². The highest BCUT2D eigenvalue weighted by Gasteiger charge is 2.41. The molecular weight excluding hydrogens is 270 g/mol. The molecule has 7 nitrogen and oxygen atoms in total. The van der Waals surface area contributed by atoms with Crippen LogP contribution in [0.3, 0.4) is 0 Å². The molecule has 116 valence electrons. The van der Waals surface area contributed by atoms with Crippen LogP contribution in [0, 0.1) is 0 Å². The fourth-order valence-electron chi connectivity index (χ4n) is 2.65. The number of H-pyrrole nitrogens is 1. The number of nitrogens with one attached hydrogen (secondary N) is 4. The maximum absolute atomic E-state index is 12.6. The van der Waals surface area contributed by atoms with Crippen LogP contribution >= 0.6 is 0 Å². The number of aromatic nitrogens is 2. The zero-order chi connectivity index (χ0) is 15.3. The smallest absolute Gasteiger partial charge is 0.315 e. The molecule has 1 aromatic rings. The van der Waals surface area contributed by atoms with Gasteiger partial charge in [-0.3, -0.25) is 9.89 Å². The van der Waals surface area contributed by atoms with Gasteiger partial charge in [-0.1, -0.05) is 19.3 Å². The van der Waals surface area contributed by atoms with E-state index in [-0.39, 0.29) is 18.0 Å². The molecule has 4 N–H and O–H groups in total. The molecule has 3 amide bonds. The number of carbonyl (C=O) groups excluding carboxylic acids is 2. The molecule has 1 aliphatic rings. The van der Waals surface area contributed by atoms with Crippen LogP contribution in [0.15, 0.2) is 12.3 Å². The molecule has 0 atom stereocenters. The van der Waals surface area contributed by atoms with E-state index in [1.54, 1.807) is 12.3 Å². The van der Waals surface area contributed by atoms with Gasteiger partial charge in [-0.25, -0.2) is 4.79 Å². The summed E-state index contributed by atoms with van der Waals surface area (Å²) in [5.41, 5.74) is -0.845. The van der Waals surface area contributed by atoms with Gasteiger partial charge in [-0.2, -0.15) is 5.10 Å². The Morgan fingerprint density at radius 1 is 1.29 bits per heavy atom. The first-order valence-electron chi connectivity index (χ1n) is 7.41. The summed E-state index contributed by atoms with van der Waals surface area (Å²) in [5, 5.41) is 15.0. The molecular formula is C14H23N5O2. The quantitative estimate of drug-likeness (QED) is 0.680. The first-order chi connectivity index (χ1) is 10.0. The van der Waals surface area contributed by atoms with E-state index in [9.17, 15) is 9.59 Å². The number of hydrogen-bond acceptors (Lipinski definition) is 3. The summed E-state index contributed by atoms with van der Waals surface area (Å²) in [6, 6.07) is 1.41. The Balaban J connectivity index is 2.08. The van der Waals surface area contributed by atoms with Gasteiger partial charge in [0.1, 0.15) is 11.4 Å². The zero-order valence-electron chi connectivity index (χ0n) is 12.5. The minimum atomic E-state index is -0.845. The summed E-state index contributed by atoms with van der Waals surface area (Å²) in [5.74, 6) is 0.348. The van der Waals surface area contributed by atoms with Crippen LogP contribution in [0.2, 0.25) is 0 Å². The van der Waals surface area contributed by atoms with Crippen molar-refractivity contribution in [1.29, 1.82) is 0 Å². The molecule has 0 aliphatic heterocycles. The van der Waals surface area contributed by atoms with Crippen LogP contribution in [-0.2, 0) is 4.79 Å². The van der Waals surface area contributed by atoms with Gasteiger partial charge < -0.3 is 16.0 Å². The summed E-state index contributed by atoms with van der Waals surface area (Å²) in [6.45, 7) is 3.77. The van der Waals surface area contributed by atoms with E-state index in [0.717, 1.165) is 19.3 Å². The van der Waals surface area contributed by atoms with Gasteiger partial charge >= 0.3 is 6.03 Å². The molecule has 21 heavy (non-hydrogen) atoms. The highest BCUT2D eigenvalue weighted by Crippen LogP contribution is 2.29. The summed E-state index contributed by atoms with van der Waals surface area (Å²) in [6.07, 6.45) is 5.82. The van der Waals surface area contributed by atoms with Gasteiger partial charge in [0.05, 0.1) is 6.20 Å². The van der Waals surface area contributed by atoms with Gasteiger partial charge in [0.25, 0.3) is 5.91 Å². The lowest BCUT2D eigenvalue weighted by Crippen LogP contribution is -2.60. The lowest BCUT2D eigenvalue weighted by molar-refractivity contribution is -0.123. The molecule has 7 heteroatoms. The van der Waals surface area contributed by atoms with Gasteiger partial charge in [0.15, 0.2) is 0 Å². The fourth-order valence-corrected chi connectivity index (χ4v) is 2.65. The van der Waals surface area contributed by atoms with E-state index < -0.39 is 5.54 Å². The van der Waals surface area contributed by atoms with Gasteiger partial charge in [0, 0.05) is 12.1 Å². The minimum absolute atomic E-state index is 0.0290. The van der Waals surface area contributed by atoms with Crippen molar-refractivity contribution in [3.05, 3.63) is 12.3 Å². The third kappa shape index (κ3) is 3.96. The molecule has 0 unspecified atom stereocenters. The second-order valence-corrected chi connectivity index (χ2v) is 5.82. The Bertz CT molecular complexity index is 478. The average Bonchev–Trinajstić information content (AvgIpc) is 2.91. The fraction of sp³-hybridized carbons (Fsp3) is 0.643. The van der Waals surface area contributed by atoms with E-state index in [1.165, 1.54) is 0 Å². The van der Waals surface area contributed by atoms with Crippen molar-refractivity contribution in [3.63, 3.8) is 0 Å². The molecule has 1 aliphatic carbocycles. The number of anilines is 1. The predicted molar refractivity (Wildman–Crippen MR) is 79.8 cm³/mol. The Kier molecular flexibility index (Phi) is 4.82. The number of aromatic amines is 1. The van der Waals surface area contributed by atoms with Crippen molar-refractivity contribution in [2.24, 2.45) is 0 Å². The van der Waals surface area contributed by atoms with E-state index in [2.05, 4.69) is 26.1 Å². The number of urea groups is 1. The van der Waals surface area contributed by atoms with Crippen LogP contribution in [0.1, 0.15) is 46.0 Å². The first-order valence-corrected chi connectivity index (χ1v) is 7.41. The summed E-state index contributed by atoms with van der Waals surface area (Å²) >= 11 is 0. The van der Waals surface area contributed by atoms with Crippen LogP contribution in [0.4, 0.5) is 10.6 Å². The number of carbonyl (C=O) groups is 2. The van der Waals surface area contributed by atoms with Crippen molar-refractivity contribution in [1.82, 2.24) is 20.8 Å². The van der Waals surface area contributed by atoms with Crippen LogP contribution in [0.5, 0.6) is 0 Å². The first kappa shape index (κ1) is 15.3. The normalized spacial score (nSPS) is 17.3. The van der Waals surface area contributed by atoms with Crippen molar-refractivity contribution in [2.75, 3.05) is 5.32 Å². The molecule has 1 heterocycles. The monoisotopic (exact) mass is 293 g/mol. The topological polar surface area (TPSA) is 98.9 Å². The van der Waals surface area contributed by atoms with Crippen molar-refractivity contribution >= 4 is 17.8 Å². The highest BCUT2D eigenvalue weighted by molar-refractivity contribution is 5.99. The maximum atomic E-state index is 12.6. The largest absolute Gasteiger partial charge is 0.336 e. The number of amides is 3. The second kappa shape index (κ2) is 6.60. The molecule has 0 saturated heterocycles. The molecule has 0 spiro atoms. The molecule has 1 saturated carbocycles. The van der Waals surface area contributed by atoms with Gasteiger partial charge in [-0.15, -0.1) is 0 Å². The minimum Gasteiger partial charge on any atom is -0.336 e. The third-order valence-corrected chi connectivity index (χ3v) is 3.66. The lowest BCUT2D eigenvalue weighted by Gasteiger charge is -2.36. The van der Waals surface area contributed by atoms with Crippen molar-refractivity contribution < 1.29 is 9.59 Å². The van der Waals surface area contributed by atoms with Crippen LogP contribution < -0.4 is 16.0 Å². The van der Waals surface area contributed by atoms with Gasteiger partial charge in [-0.05, 0) is 26.7 Å². The third-order valence-electron chi connectivity index (χ3n) is 3.66. The molecule has 1 aromatic heterocycles. The Labute approximate surface area is 124 Å². The number of hydrogen-bond donors (Lipinski definition) is 4. The van der Waals surface area contributed by atoms with E-state index in [1.807, 2.05) is 13.8 Å². The molecule has 0 radical (unpaired) electrons. The predicted octanol–water partition coefficient (Wildman–Crippen LogP) is 1.76. The Morgan fingerprint density at radius 3 is 2.57 bits per heavy atom. The number of nitrogens with zero attached hydrogens (tertiary/aromatic N) is 1. The van der Waals surface area contributed by atoms with E-state index in [0.29, 0.717) is 18.7 Å². The average molecular weight is 293 g/mol. The van der Waals surface area contributed by atoms with Crippen molar-refractivity contribution in [3.8, 4) is 0 Å². The Morgan fingerprint density at radius 2 is 2.00 bits per heavy atom. The standard InChI is InChI=1S/C14H23N5O2/c1-10(2)16-13(21)18-14(7-4-3-5-8-14)12(20)17-11-6-9-15-19-11/h6,9-10H,3-5,7-8H2,1-2H3,(H2,16,18,21)(H2,15,17,19,20). The summed E-state index contributed by atoms with van der Waals surface area (Å²) in [4.78, 5) is 24.6. The summed E-state index contributed by atoms with van der Waals surface area (Å²) in [7, 11) is 0. The molecule has 2 rings (SSSR count). The molecule has 0 aromatic carbocycles. The second-order valence-electron chi connectivity index (χ2n) is 5.82. The highest BCUT2D eigenvalue weighted by atomic mass is 16.2. The lowest BCUT2D eigenvalue weighted by atomic mass is 9.81. The van der Waals surface area contributed by atoms with Crippen LogP contribution in [-0.4, -0.2) is 33.7 Å². The van der Waals surface area contributed by atoms with E-state index >= 15 is 0 Å². The zero-order valence-corrected chi connectivity index (χ0v) is 12.5. The van der Waals surface area contributed by atoms with E-state index in [4.69, 9.17) is 0 Å². The molecule has 1 fully saturated rings. The van der Waals surface area contributed by atoms with Gasteiger partial charge in [0.2, 0.25) is 0 Å².